The molecule has 0 spiro atoms. The van der Waals surface area contributed by atoms with Crippen molar-refractivity contribution in [1.82, 2.24) is 9.97 Å². The molecule has 9 heteroatoms. The molecule has 0 aliphatic heterocycles. The summed E-state index contributed by atoms with van der Waals surface area (Å²) in [5.74, 6) is -2.71. The van der Waals surface area contributed by atoms with E-state index < -0.39 is 23.3 Å². The van der Waals surface area contributed by atoms with E-state index in [-0.39, 0.29) is 29.1 Å². The molecule has 2 aliphatic rings. The van der Waals surface area contributed by atoms with Gasteiger partial charge in [0.15, 0.2) is 0 Å². The van der Waals surface area contributed by atoms with Crippen molar-refractivity contribution in [2.45, 2.75) is 74.0 Å². The summed E-state index contributed by atoms with van der Waals surface area (Å²) >= 11 is 1.65. The van der Waals surface area contributed by atoms with Crippen molar-refractivity contribution in [3.63, 3.8) is 0 Å². The molecule has 2 saturated carbocycles. The van der Waals surface area contributed by atoms with Crippen LogP contribution in [0.15, 0.2) is 16.9 Å². The first-order valence-electron chi connectivity index (χ1n) is 9.98. The van der Waals surface area contributed by atoms with Crippen LogP contribution in [0.25, 0.3) is 10.9 Å². The van der Waals surface area contributed by atoms with Crippen molar-refractivity contribution >= 4 is 28.4 Å². The molecule has 1 heterocycles. The van der Waals surface area contributed by atoms with Crippen LogP contribution in [0.5, 0.6) is 0 Å². The maximum absolute atomic E-state index is 14.5. The van der Waals surface area contributed by atoms with Gasteiger partial charge in [0.25, 0.3) is 11.5 Å². The van der Waals surface area contributed by atoms with Crippen molar-refractivity contribution < 1.29 is 18.3 Å². The third kappa shape index (κ3) is 4.55. The molecule has 1 aromatic heterocycles. The first kappa shape index (κ1) is 20.5. The molecular weight excluding hydrogens is 403 g/mol. The number of alkyl halides is 2. The van der Waals surface area contributed by atoms with Gasteiger partial charge < -0.3 is 15.4 Å². The number of benzene rings is 1. The van der Waals surface area contributed by atoms with Gasteiger partial charge in [-0.2, -0.15) is 11.8 Å². The van der Waals surface area contributed by atoms with Crippen LogP contribution in [-0.4, -0.2) is 38.4 Å². The highest BCUT2D eigenvalue weighted by Crippen LogP contribution is 2.37. The minimum absolute atomic E-state index is 0.159. The number of nitrogens with one attached hydrogen (secondary N) is 2. The zero-order valence-corrected chi connectivity index (χ0v) is 16.7. The molecule has 2 aromatic rings. The number of rotatable bonds is 5. The van der Waals surface area contributed by atoms with E-state index >= 15 is 0 Å². The van der Waals surface area contributed by atoms with Crippen LogP contribution in [0.2, 0.25) is 0 Å². The standard InChI is InChI=1S/C20H24F3N3O2S/c21-14-8-11(24-16-2-1-7-20(16,22)23)9-15-18(14)19(28)26-17(25-15)10-29-13-5-3-12(27)4-6-13/h8-9,12-13,16,24,27H,1-7,10H2,(H,25,26,28). The van der Waals surface area contributed by atoms with Gasteiger partial charge in [0.1, 0.15) is 17.0 Å². The Morgan fingerprint density at radius 1 is 1.24 bits per heavy atom. The fourth-order valence-electron chi connectivity index (χ4n) is 4.14. The van der Waals surface area contributed by atoms with E-state index in [9.17, 15) is 23.1 Å². The van der Waals surface area contributed by atoms with Crippen molar-refractivity contribution in [3.8, 4) is 0 Å². The number of aromatic nitrogens is 2. The van der Waals surface area contributed by atoms with Gasteiger partial charge in [-0.15, -0.1) is 0 Å². The number of aliphatic hydroxyl groups excluding tert-OH is 1. The normalized spacial score (nSPS) is 26.7. The van der Waals surface area contributed by atoms with Gasteiger partial charge in [-0.3, -0.25) is 4.79 Å². The lowest BCUT2D eigenvalue weighted by molar-refractivity contribution is -0.000594. The number of nitrogens with zero attached hydrogens (tertiary/aromatic N) is 1. The molecule has 4 rings (SSSR count). The van der Waals surface area contributed by atoms with Crippen LogP contribution in [0, 0.1) is 5.82 Å². The first-order valence-corrected chi connectivity index (χ1v) is 11.0. The zero-order chi connectivity index (χ0) is 20.6. The number of halogens is 3. The smallest absolute Gasteiger partial charge is 0.267 e. The van der Waals surface area contributed by atoms with E-state index in [0.29, 0.717) is 29.7 Å². The van der Waals surface area contributed by atoms with E-state index in [2.05, 4.69) is 15.3 Å². The molecule has 0 radical (unpaired) electrons. The van der Waals surface area contributed by atoms with Crippen LogP contribution in [0.3, 0.4) is 0 Å². The summed E-state index contributed by atoms with van der Waals surface area (Å²) in [7, 11) is 0. The van der Waals surface area contributed by atoms with Gasteiger partial charge in [-0.25, -0.2) is 18.2 Å². The van der Waals surface area contributed by atoms with Gasteiger partial charge in [-0.1, -0.05) is 0 Å². The molecule has 0 bridgehead atoms. The summed E-state index contributed by atoms with van der Waals surface area (Å²) in [4.78, 5) is 19.4. The Morgan fingerprint density at radius 3 is 2.69 bits per heavy atom. The third-order valence-electron chi connectivity index (χ3n) is 5.76. The van der Waals surface area contributed by atoms with Crippen LogP contribution < -0.4 is 10.9 Å². The quantitative estimate of drug-likeness (QED) is 0.667. The van der Waals surface area contributed by atoms with E-state index in [1.165, 1.54) is 6.07 Å². The average molecular weight is 427 g/mol. The topological polar surface area (TPSA) is 78.0 Å². The highest BCUT2D eigenvalue weighted by molar-refractivity contribution is 7.99. The fourth-order valence-corrected chi connectivity index (χ4v) is 5.27. The van der Waals surface area contributed by atoms with Gasteiger partial charge >= 0.3 is 0 Å². The number of fused-ring (bicyclic) bond motifs is 1. The molecule has 1 aromatic carbocycles. The average Bonchev–Trinajstić information content (AvgIpc) is 2.98. The number of hydrogen-bond donors (Lipinski definition) is 3. The van der Waals surface area contributed by atoms with Gasteiger partial charge in [0, 0.05) is 17.4 Å². The molecule has 5 nitrogen and oxygen atoms in total. The second kappa shape index (κ2) is 8.18. The van der Waals surface area contributed by atoms with E-state index in [1.54, 1.807) is 11.8 Å². The van der Waals surface area contributed by atoms with Gasteiger partial charge in [-0.05, 0) is 50.7 Å². The first-order chi connectivity index (χ1) is 13.8. The maximum Gasteiger partial charge on any atom is 0.267 e. The Kier molecular flexibility index (Phi) is 5.79. The molecule has 1 atom stereocenters. The number of hydrogen-bond acceptors (Lipinski definition) is 5. The van der Waals surface area contributed by atoms with E-state index in [4.69, 9.17) is 0 Å². The van der Waals surface area contributed by atoms with E-state index in [1.807, 2.05) is 0 Å². The van der Waals surface area contributed by atoms with Crippen molar-refractivity contribution in [2.24, 2.45) is 0 Å². The van der Waals surface area contributed by atoms with Crippen LogP contribution in [-0.2, 0) is 5.75 Å². The fraction of sp³-hybridized carbons (Fsp3) is 0.600. The maximum atomic E-state index is 14.5. The largest absolute Gasteiger partial charge is 0.393 e. The summed E-state index contributed by atoms with van der Waals surface area (Å²) in [6.07, 6.45) is 3.66. The molecule has 2 aliphatic carbocycles. The third-order valence-corrected chi connectivity index (χ3v) is 7.15. The SMILES string of the molecule is O=c1[nH]c(CSC2CCC(O)CC2)nc2cc(NC3CCCC3(F)F)cc(F)c12. The second-order valence-electron chi connectivity index (χ2n) is 7.96. The monoisotopic (exact) mass is 427 g/mol. The Balaban J connectivity index is 1.54. The minimum atomic E-state index is -2.83. The lowest BCUT2D eigenvalue weighted by Gasteiger charge is -2.24. The van der Waals surface area contributed by atoms with Gasteiger partial charge in [0.05, 0.1) is 23.4 Å². The second-order valence-corrected chi connectivity index (χ2v) is 9.25. The van der Waals surface area contributed by atoms with Gasteiger partial charge in [0.2, 0.25) is 0 Å². The molecule has 1 unspecified atom stereocenters. The molecule has 158 valence electrons. The lowest BCUT2D eigenvalue weighted by atomic mass is 9.97. The molecular formula is C20H24F3N3O2S. The van der Waals surface area contributed by atoms with E-state index in [0.717, 1.165) is 31.7 Å². The Morgan fingerprint density at radius 2 is 2.00 bits per heavy atom. The van der Waals surface area contributed by atoms with Crippen LogP contribution >= 0.6 is 11.8 Å². The number of H-pyrrole nitrogens is 1. The lowest BCUT2D eigenvalue weighted by Crippen LogP contribution is -2.34. The Hall–Kier alpha value is -1.74. The zero-order valence-electron chi connectivity index (χ0n) is 15.9. The van der Waals surface area contributed by atoms with Crippen LogP contribution in [0.1, 0.15) is 50.8 Å². The van der Waals surface area contributed by atoms with Crippen LogP contribution in [0.4, 0.5) is 18.9 Å². The predicted molar refractivity (Wildman–Crippen MR) is 108 cm³/mol. The molecule has 29 heavy (non-hydrogen) atoms. The predicted octanol–water partition coefficient (Wildman–Crippen LogP) is 4.20. The summed E-state index contributed by atoms with van der Waals surface area (Å²) in [6.45, 7) is 0. The molecule has 0 saturated heterocycles. The summed E-state index contributed by atoms with van der Waals surface area (Å²) in [5.41, 5.74) is -0.202. The summed E-state index contributed by atoms with van der Waals surface area (Å²) in [5, 5.41) is 12.5. The molecule has 2 fully saturated rings. The van der Waals surface area contributed by atoms with Crippen molar-refractivity contribution in [2.75, 3.05) is 5.32 Å². The Labute approximate surface area is 170 Å². The number of aliphatic hydroxyl groups is 1. The summed E-state index contributed by atoms with van der Waals surface area (Å²) < 4.78 is 42.3. The van der Waals surface area contributed by atoms with Crippen molar-refractivity contribution in [1.29, 1.82) is 0 Å². The molecule has 0 amide bonds. The number of anilines is 1. The minimum Gasteiger partial charge on any atom is -0.393 e. The summed E-state index contributed by atoms with van der Waals surface area (Å²) in [6, 6.07) is 1.50. The molecule has 3 N–H and O–H groups in total. The Bertz CT molecular complexity index is 944. The highest BCUT2D eigenvalue weighted by Gasteiger charge is 2.43. The van der Waals surface area contributed by atoms with Crippen molar-refractivity contribution in [3.05, 3.63) is 34.1 Å². The highest BCUT2D eigenvalue weighted by atomic mass is 32.2. The number of aromatic amines is 1. The number of thioether (sulfide) groups is 1.